The second kappa shape index (κ2) is 17.4. The SMILES string of the molecule is CC(C)[C@@H]1OC(=O)C(C)(C)/C=C/c2ccc3ccc(nc3c2)[C@@H](C)NC(=O)[C@@H]2CCCN(N2)C(=O)[C@H](CO[Si](c2ccccc2)(c2ccccc2)C(C)(C)C)NC1=O. The van der Waals surface area contributed by atoms with E-state index in [9.17, 15) is 19.2 Å². The van der Waals surface area contributed by atoms with Crippen LogP contribution >= 0.6 is 0 Å². The van der Waals surface area contributed by atoms with E-state index < -0.39 is 66.7 Å². The lowest BCUT2D eigenvalue weighted by molar-refractivity contribution is -0.165. The van der Waals surface area contributed by atoms with Crippen LogP contribution in [-0.4, -0.2) is 73.3 Å². The minimum absolute atomic E-state index is 0.177. The summed E-state index contributed by atoms with van der Waals surface area (Å²) in [5.74, 6) is -2.37. The molecule has 3 amide bonds. The summed E-state index contributed by atoms with van der Waals surface area (Å²) >= 11 is 0. The first-order valence-corrected chi connectivity index (χ1v) is 22.2. The summed E-state index contributed by atoms with van der Waals surface area (Å²) in [5.41, 5.74) is 4.31. The number of hydrogen-bond acceptors (Lipinski definition) is 8. The standard InChI is InChI=1S/C46H57N5O6Si/c1-30(2)40-42(53)49-39(29-56-58(45(4,5)6,34-16-11-9-12-17-34)35-18-13-10-14-19-35)43(54)51-27-15-20-37(50-51)41(52)47-31(3)36-24-23-33-22-21-32(28-38(33)48-36)25-26-46(7,8)44(55)57-40/h9-14,16-19,21-26,28,30-31,37,39-40,50H,15,20,27,29H2,1-8H3,(H,47,52)(H,49,53)/b26-25+/t31-,37+,39+,40+/m1/s1. The van der Waals surface area contributed by atoms with Crippen LogP contribution in [0.5, 0.6) is 0 Å². The highest BCUT2D eigenvalue weighted by molar-refractivity contribution is 6.99. The first kappa shape index (κ1) is 42.4. The number of carbonyl (C=O) groups excluding carboxylic acids is 4. The Hall–Kier alpha value is -5.17. The molecule has 306 valence electrons. The molecule has 0 radical (unpaired) electrons. The molecule has 5 bridgehead atoms. The molecule has 58 heavy (non-hydrogen) atoms. The minimum atomic E-state index is -3.17. The molecule has 4 atom stereocenters. The molecule has 6 rings (SSSR count). The lowest BCUT2D eigenvalue weighted by Crippen LogP contribution is -2.68. The van der Waals surface area contributed by atoms with Crippen molar-refractivity contribution in [3.8, 4) is 0 Å². The Bertz CT molecular complexity index is 2110. The Morgan fingerprint density at radius 2 is 1.53 bits per heavy atom. The van der Waals surface area contributed by atoms with Crippen molar-refractivity contribution in [1.29, 1.82) is 0 Å². The van der Waals surface area contributed by atoms with Gasteiger partial charge in [-0.25, -0.2) is 5.43 Å². The van der Waals surface area contributed by atoms with Crippen LogP contribution in [0, 0.1) is 11.3 Å². The molecular formula is C46H57N5O6Si. The third kappa shape index (κ3) is 9.09. The number of amides is 3. The Balaban J connectivity index is 1.40. The number of ether oxygens (including phenoxy) is 1. The van der Waals surface area contributed by atoms with E-state index >= 15 is 0 Å². The Kier molecular flexibility index (Phi) is 12.7. The maximum atomic E-state index is 14.8. The lowest BCUT2D eigenvalue weighted by atomic mass is 9.92. The van der Waals surface area contributed by atoms with E-state index in [1.165, 1.54) is 5.01 Å². The van der Waals surface area contributed by atoms with Gasteiger partial charge in [-0.15, -0.1) is 0 Å². The third-order valence-electron chi connectivity index (χ3n) is 11.1. The van der Waals surface area contributed by atoms with Crippen molar-refractivity contribution in [2.75, 3.05) is 13.2 Å². The molecule has 11 nitrogen and oxygen atoms in total. The molecule has 12 heteroatoms. The van der Waals surface area contributed by atoms with E-state index in [4.69, 9.17) is 14.1 Å². The number of rotatable bonds is 6. The molecule has 2 aliphatic rings. The van der Waals surface area contributed by atoms with Crippen molar-refractivity contribution < 1.29 is 28.3 Å². The zero-order chi connectivity index (χ0) is 41.8. The van der Waals surface area contributed by atoms with E-state index in [-0.39, 0.29) is 12.5 Å². The van der Waals surface area contributed by atoms with E-state index in [1.807, 2.05) is 79.7 Å². The van der Waals surface area contributed by atoms with Gasteiger partial charge in [0.05, 0.1) is 29.3 Å². The smallest absolute Gasteiger partial charge is 0.316 e. The van der Waals surface area contributed by atoms with Crippen molar-refractivity contribution in [3.63, 3.8) is 0 Å². The van der Waals surface area contributed by atoms with Gasteiger partial charge in [-0.1, -0.05) is 126 Å². The number of cyclic esters (lactones) is 1. The molecule has 0 aliphatic carbocycles. The lowest BCUT2D eigenvalue weighted by Gasteiger charge is -2.44. The van der Waals surface area contributed by atoms with E-state index in [0.717, 1.165) is 26.8 Å². The van der Waals surface area contributed by atoms with Crippen molar-refractivity contribution in [3.05, 3.63) is 108 Å². The topological polar surface area (TPSA) is 139 Å². The predicted molar refractivity (Wildman–Crippen MR) is 229 cm³/mol. The van der Waals surface area contributed by atoms with Crippen LogP contribution in [0.4, 0.5) is 0 Å². The van der Waals surface area contributed by atoms with E-state index in [2.05, 4.69) is 61.1 Å². The van der Waals surface area contributed by atoms with Crippen LogP contribution in [0.15, 0.2) is 97.1 Å². The average Bonchev–Trinajstić information content (AvgIpc) is 3.20. The van der Waals surface area contributed by atoms with Crippen LogP contribution in [-0.2, 0) is 28.3 Å². The van der Waals surface area contributed by atoms with Crippen LogP contribution in [0.3, 0.4) is 0 Å². The van der Waals surface area contributed by atoms with E-state index in [0.29, 0.717) is 25.1 Å². The van der Waals surface area contributed by atoms with Crippen LogP contribution < -0.4 is 26.4 Å². The molecule has 1 saturated heterocycles. The summed E-state index contributed by atoms with van der Waals surface area (Å²) in [6, 6.07) is 27.5. The molecule has 2 aliphatic heterocycles. The van der Waals surface area contributed by atoms with Crippen LogP contribution in [0.1, 0.15) is 85.5 Å². The monoisotopic (exact) mass is 803 g/mol. The number of hydrazine groups is 1. The number of esters is 1. The zero-order valence-corrected chi connectivity index (χ0v) is 35.9. The number of fused-ring (bicyclic) bond motifs is 4. The fraction of sp³-hybridized carbons (Fsp3) is 0.413. The van der Waals surface area contributed by atoms with Crippen LogP contribution in [0.2, 0.25) is 5.04 Å². The van der Waals surface area contributed by atoms with Crippen molar-refractivity contribution in [2.24, 2.45) is 11.3 Å². The normalized spacial score (nSPS) is 22.9. The fourth-order valence-electron chi connectivity index (χ4n) is 7.74. The van der Waals surface area contributed by atoms with Gasteiger partial charge < -0.3 is 19.8 Å². The number of nitrogens with zero attached hydrogens (tertiary/aromatic N) is 2. The van der Waals surface area contributed by atoms with Gasteiger partial charge in [0.1, 0.15) is 12.1 Å². The molecule has 3 aromatic carbocycles. The molecule has 1 aromatic heterocycles. The summed E-state index contributed by atoms with van der Waals surface area (Å²) in [5, 5.41) is 10.0. The highest BCUT2D eigenvalue weighted by Crippen LogP contribution is 2.37. The number of hydrogen-bond donors (Lipinski definition) is 3. The molecule has 0 spiro atoms. The molecule has 4 aromatic rings. The average molecular weight is 804 g/mol. The van der Waals surface area contributed by atoms with Crippen LogP contribution in [0.25, 0.3) is 17.0 Å². The first-order chi connectivity index (χ1) is 27.5. The van der Waals surface area contributed by atoms with Crippen molar-refractivity contribution in [1.82, 2.24) is 26.1 Å². The highest BCUT2D eigenvalue weighted by Gasteiger charge is 2.51. The Morgan fingerprint density at radius 1 is 0.897 bits per heavy atom. The maximum absolute atomic E-state index is 14.8. The number of nitrogens with one attached hydrogen (secondary N) is 3. The fourth-order valence-corrected chi connectivity index (χ4v) is 12.3. The quantitative estimate of drug-likeness (QED) is 0.170. The molecule has 3 N–H and O–H groups in total. The van der Waals surface area contributed by atoms with Gasteiger partial charge >= 0.3 is 5.97 Å². The first-order valence-electron chi connectivity index (χ1n) is 20.2. The molecule has 0 unspecified atom stereocenters. The zero-order valence-electron chi connectivity index (χ0n) is 34.9. The van der Waals surface area contributed by atoms with Gasteiger partial charge in [0.15, 0.2) is 6.10 Å². The summed E-state index contributed by atoms with van der Waals surface area (Å²) in [7, 11) is -3.17. The number of benzene rings is 3. The number of aromatic nitrogens is 1. The summed E-state index contributed by atoms with van der Waals surface area (Å²) in [6.07, 6.45) is 3.43. The maximum Gasteiger partial charge on any atom is 0.316 e. The minimum Gasteiger partial charge on any atom is -0.451 e. The number of pyridine rings is 1. The largest absolute Gasteiger partial charge is 0.451 e. The number of carbonyl (C=O) groups is 4. The molecule has 0 saturated carbocycles. The van der Waals surface area contributed by atoms with Crippen molar-refractivity contribution in [2.45, 2.75) is 97.5 Å². The Morgan fingerprint density at radius 3 is 2.16 bits per heavy atom. The van der Waals surface area contributed by atoms with Crippen molar-refractivity contribution >= 4 is 59.4 Å². The predicted octanol–water partition coefficient (Wildman–Crippen LogP) is 5.59. The van der Waals surface area contributed by atoms with Gasteiger partial charge in [-0.2, -0.15) is 0 Å². The Labute approximate surface area is 343 Å². The van der Waals surface area contributed by atoms with E-state index in [1.54, 1.807) is 33.8 Å². The third-order valence-corrected chi connectivity index (χ3v) is 16.1. The molecule has 1 fully saturated rings. The highest BCUT2D eigenvalue weighted by atomic mass is 28.4. The van der Waals surface area contributed by atoms with Gasteiger partial charge in [-0.05, 0) is 72.6 Å². The van der Waals surface area contributed by atoms with Gasteiger partial charge in [0, 0.05) is 11.9 Å². The van der Waals surface area contributed by atoms with Gasteiger partial charge in [0.2, 0.25) is 5.91 Å². The summed E-state index contributed by atoms with van der Waals surface area (Å²) < 4.78 is 13.2. The van der Waals surface area contributed by atoms with Gasteiger partial charge in [-0.3, -0.25) is 29.2 Å². The molecule has 3 heterocycles. The second-order valence-corrected chi connectivity index (χ2v) is 21.7. The van der Waals surface area contributed by atoms with Gasteiger partial charge in [0.25, 0.3) is 20.1 Å². The molecular weight excluding hydrogens is 747 g/mol. The summed E-state index contributed by atoms with van der Waals surface area (Å²) in [6.45, 7) is 15.5. The summed E-state index contributed by atoms with van der Waals surface area (Å²) in [4.78, 5) is 61.7. The second-order valence-electron chi connectivity index (χ2n) is 17.4.